The van der Waals surface area contributed by atoms with Crippen molar-refractivity contribution in [3.8, 4) is 0 Å². The number of carbonyl (C=O) groups is 1. The maximum Gasteiger partial charge on any atom is 0.338 e. The predicted octanol–water partition coefficient (Wildman–Crippen LogP) is 1.23. The quantitative estimate of drug-likeness (QED) is 0.769. The van der Waals surface area contributed by atoms with Crippen LogP contribution in [0.2, 0.25) is 0 Å². The minimum absolute atomic E-state index is 0.00419. The molecule has 0 saturated carbocycles. The average Bonchev–Trinajstić information content (AvgIpc) is 2.78. The number of hydrogen-bond donors (Lipinski definition) is 3. The van der Waals surface area contributed by atoms with Gasteiger partial charge in [-0.3, -0.25) is 0 Å². The van der Waals surface area contributed by atoms with E-state index in [4.69, 9.17) is 9.84 Å². The Hall–Kier alpha value is -1.73. The Balaban J connectivity index is 2.13. The molecule has 0 spiro atoms. The van der Waals surface area contributed by atoms with Crippen molar-refractivity contribution in [3.63, 3.8) is 0 Å². The molecular formula is C12H13F2NO4. The highest BCUT2D eigenvalue weighted by molar-refractivity contribution is 5.88. The van der Waals surface area contributed by atoms with Crippen molar-refractivity contribution in [3.05, 3.63) is 29.3 Å². The van der Waals surface area contributed by atoms with Crippen molar-refractivity contribution in [2.75, 3.05) is 25.1 Å². The number of carboxylic acid groups (broad SMARTS) is 1. The molecule has 1 fully saturated rings. The van der Waals surface area contributed by atoms with Crippen LogP contribution in [0.25, 0.3) is 0 Å². The molecule has 3 N–H and O–H groups in total. The lowest BCUT2D eigenvalue weighted by atomic mass is 10.0. The average molecular weight is 273 g/mol. The molecule has 1 saturated heterocycles. The van der Waals surface area contributed by atoms with E-state index in [1.807, 2.05) is 0 Å². The molecule has 19 heavy (non-hydrogen) atoms. The molecule has 0 aliphatic carbocycles. The molecule has 0 radical (unpaired) electrons. The van der Waals surface area contributed by atoms with Gasteiger partial charge in [0.15, 0.2) is 11.6 Å². The summed E-state index contributed by atoms with van der Waals surface area (Å²) < 4.78 is 32.1. The number of ether oxygens (including phenoxy) is 1. The molecule has 0 bridgehead atoms. The third-order valence-corrected chi connectivity index (χ3v) is 3.00. The molecule has 1 aromatic rings. The van der Waals surface area contributed by atoms with Gasteiger partial charge in [0, 0.05) is 19.6 Å². The summed E-state index contributed by atoms with van der Waals surface area (Å²) in [5, 5.41) is 21.2. The SMILES string of the molecule is O=C(O)c1ccc(NCC2(O)CCOC2)c(F)c1F. The zero-order valence-electron chi connectivity index (χ0n) is 9.95. The van der Waals surface area contributed by atoms with Crippen LogP contribution in [0.1, 0.15) is 16.8 Å². The first kappa shape index (κ1) is 13.7. The molecule has 5 nitrogen and oxygen atoms in total. The van der Waals surface area contributed by atoms with Crippen molar-refractivity contribution in [1.29, 1.82) is 0 Å². The smallest absolute Gasteiger partial charge is 0.338 e. The third-order valence-electron chi connectivity index (χ3n) is 3.00. The zero-order valence-corrected chi connectivity index (χ0v) is 9.95. The van der Waals surface area contributed by atoms with Gasteiger partial charge in [-0.05, 0) is 12.1 Å². The highest BCUT2D eigenvalue weighted by Crippen LogP contribution is 2.23. The van der Waals surface area contributed by atoms with Crippen molar-refractivity contribution in [2.24, 2.45) is 0 Å². The highest BCUT2D eigenvalue weighted by Gasteiger charge is 2.32. The Kier molecular flexibility index (Phi) is 3.68. The van der Waals surface area contributed by atoms with E-state index in [-0.39, 0.29) is 18.8 Å². The zero-order chi connectivity index (χ0) is 14.0. The highest BCUT2D eigenvalue weighted by atomic mass is 19.2. The molecule has 1 aliphatic rings. The second-order valence-electron chi connectivity index (χ2n) is 4.47. The van der Waals surface area contributed by atoms with E-state index in [2.05, 4.69) is 5.32 Å². The number of nitrogens with one attached hydrogen (secondary N) is 1. The van der Waals surface area contributed by atoms with Crippen LogP contribution in [0.5, 0.6) is 0 Å². The molecule has 0 amide bonds. The van der Waals surface area contributed by atoms with Gasteiger partial charge in [-0.2, -0.15) is 0 Å². The Morgan fingerprint density at radius 1 is 1.42 bits per heavy atom. The summed E-state index contributed by atoms with van der Waals surface area (Å²) in [6, 6.07) is 2.10. The monoisotopic (exact) mass is 273 g/mol. The summed E-state index contributed by atoms with van der Waals surface area (Å²) in [6.07, 6.45) is 0.400. The van der Waals surface area contributed by atoms with E-state index in [1.54, 1.807) is 0 Å². The van der Waals surface area contributed by atoms with Crippen LogP contribution in [0, 0.1) is 11.6 Å². The van der Waals surface area contributed by atoms with Gasteiger partial charge >= 0.3 is 5.97 Å². The number of aliphatic hydroxyl groups is 1. The summed E-state index contributed by atoms with van der Waals surface area (Å²) in [5.41, 5.74) is -2.04. The standard InChI is InChI=1S/C12H13F2NO4/c13-9-7(11(16)17)1-2-8(10(9)14)15-5-12(18)3-4-19-6-12/h1-2,15,18H,3-6H2,(H,16,17). The van der Waals surface area contributed by atoms with Gasteiger partial charge in [0.25, 0.3) is 0 Å². The van der Waals surface area contributed by atoms with E-state index in [0.29, 0.717) is 13.0 Å². The Bertz CT molecular complexity index is 501. The van der Waals surface area contributed by atoms with Crippen molar-refractivity contribution in [2.45, 2.75) is 12.0 Å². The lowest BCUT2D eigenvalue weighted by Crippen LogP contribution is -2.37. The summed E-state index contributed by atoms with van der Waals surface area (Å²) in [6.45, 7) is 0.528. The molecule has 7 heteroatoms. The second-order valence-corrected chi connectivity index (χ2v) is 4.47. The number of anilines is 1. The van der Waals surface area contributed by atoms with Crippen LogP contribution in [0.15, 0.2) is 12.1 Å². The maximum absolute atomic E-state index is 13.6. The predicted molar refractivity (Wildman–Crippen MR) is 62.2 cm³/mol. The van der Waals surface area contributed by atoms with Crippen LogP contribution in [-0.4, -0.2) is 41.5 Å². The molecule has 1 aliphatic heterocycles. The van der Waals surface area contributed by atoms with Gasteiger partial charge in [-0.1, -0.05) is 0 Å². The normalized spacial score (nSPS) is 22.5. The number of halogens is 2. The Morgan fingerprint density at radius 2 is 2.16 bits per heavy atom. The molecule has 2 rings (SSSR count). The summed E-state index contributed by atoms with van der Waals surface area (Å²) in [7, 11) is 0. The lowest BCUT2D eigenvalue weighted by molar-refractivity contribution is 0.0381. The van der Waals surface area contributed by atoms with E-state index in [1.165, 1.54) is 0 Å². The molecule has 104 valence electrons. The summed E-state index contributed by atoms with van der Waals surface area (Å²) in [4.78, 5) is 10.6. The molecule has 1 aromatic carbocycles. The number of carboxylic acids is 1. The molecular weight excluding hydrogens is 260 g/mol. The first-order valence-electron chi connectivity index (χ1n) is 5.68. The van der Waals surface area contributed by atoms with Gasteiger partial charge in [-0.15, -0.1) is 0 Å². The van der Waals surface area contributed by atoms with E-state index in [0.717, 1.165) is 12.1 Å². The minimum atomic E-state index is -1.54. The van der Waals surface area contributed by atoms with Crippen LogP contribution in [0.3, 0.4) is 0 Å². The first-order valence-corrected chi connectivity index (χ1v) is 5.68. The van der Waals surface area contributed by atoms with Gasteiger partial charge < -0.3 is 20.3 Å². The molecule has 0 aromatic heterocycles. The minimum Gasteiger partial charge on any atom is -0.478 e. The molecule has 1 atom stereocenters. The number of aromatic carboxylic acids is 1. The third kappa shape index (κ3) is 2.82. The van der Waals surface area contributed by atoms with Crippen LogP contribution >= 0.6 is 0 Å². The molecule has 1 unspecified atom stereocenters. The van der Waals surface area contributed by atoms with Gasteiger partial charge in [0.1, 0.15) is 5.60 Å². The van der Waals surface area contributed by atoms with E-state index >= 15 is 0 Å². The summed E-state index contributed by atoms with van der Waals surface area (Å²) in [5.74, 6) is -4.24. The largest absolute Gasteiger partial charge is 0.478 e. The Labute approximate surface area is 107 Å². The van der Waals surface area contributed by atoms with Gasteiger partial charge in [0.2, 0.25) is 0 Å². The fraction of sp³-hybridized carbons (Fsp3) is 0.417. The maximum atomic E-state index is 13.6. The topological polar surface area (TPSA) is 78.8 Å². The lowest BCUT2D eigenvalue weighted by Gasteiger charge is -2.21. The molecule has 1 heterocycles. The first-order chi connectivity index (χ1) is 8.93. The van der Waals surface area contributed by atoms with Crippen molar-refractivity contribution in [1.82, 2.24) is 0 Å². The van der Waals surface area contributed by atoms with E-state index < -0.39 is 28.8 Å². The fourth-order valence-corrected chi connectivity index (χ4v) is 1.85. The van der Waals surface area contributed by atoms with Gasteiger partial charge in [-0.25, -0.2) is 13.6 Å². The van der Waals surface area contributed by atoms with Crippen LogP contribution < -0.4 is 5.32 Å². The second kappa shape index (κ2) is 5.10. The van der Waals surface area contributed by atoms with Gasteiger partial charge in [0.05, 0.1) is 17.9 Å². The van der Waals surface area contributed by atoms with Crippen molar-refractivity contribution < 1.29 is 28.5 Å². The van der Waals surface area contributed by atoms with Crippen LogP contribution in [0.4, 0.5) is 14.5 Å². The fourth-order valence-electron chi connectivity index (χ4n) is 1.85. The Morgan fingerprint density at radius 3 is 2.74 bits per heavy atom. The van der Waals surface area contributed by atoms with E-state index in [9.17, 15) is 18.7 Å². The number of benzene rings is 1. The van der Waals surface area contributed by atoms with Crippen LogP contribution in [-0.2, 0) is 4.74 Å². The number of hydrogen-bond acceptors (Lipinski definition) is 4. The van der Waals surface area contributed by atoms with Crippen molar-refractivity contribution >= 4 is 11.7 Å². The number of rotatable bonds is 4. The summed E-state index contributed by atoms with van der Waals surface area (Å²) >= 11 is 0.